The molecule has 1 saturated heterocycles. The number of sulfone groups is 1. The lowest BCUT2D eigenvalue weighted by Crippen LogP contribution is -2.39. The summed E-state index contributed by atoms with van der Waals surface area (Å²) < 4.78 is 31.3. The summed E-state index contributed by atoms with van der Waals surface area (Å²) in [5, 5.41) is 13.8. The zero-order valence-electron chi connectivity index (χ0n) is 15.1. The Labute approximate surface area is 153 Å². The van der Waals surface area contributed by atoms with E-state index in [4.69, 9.17) is 4.74 Å². The number of hydrogen-bond acceptors (Lipinski definition) is 5. The molecule has 1 aromatic heterocycles. The van der Waals surface area contributed by atoms with Crippen molar-refractivity contribution in [2.45, 2.75) is 45.6 Å². The lowest BCUT2D eigenvalue weighted by atomic mass is 10.0. The van der Waals surface area contributed by atoms with Gasteiger partial charge < -0.3 is 4.74 Å². The van der Waals surface area contributed by atoms with E-state index in [0.717, 1.165) is 41.1 Å². The van der Waals surface area contributed by atoms with Crippen molar-refractivity contribution in [2.24, 2.45) is 0 Å². The van der Waals surface area contributed by atoms with Crippen LogP contribution in [0.4, 0.5) is 0 Å². The van der Waals surface area contributed by atoms with E-state index >= 15 is 0 Å². The van der Waals surface area contributed by atoms with Crippen LogP contribution in [0.5, 0.6) is 11.5 Å². The molecule has 136 valence electrons. The highest BCUT2D eigenvalue weighted by Gasteiger charge is 2.41. The molecule has 0 bridgehead atoms. The number of nitrogens with zero attached hydrogens (tertiary/aromatic N) is 3. The van der Waals surface area contributed by atoms with Gasteiger partial charge in [-0.25, -0.2) is 8.42 Å². The molecule has 2 aromatic rings. The average molecular weight is 371 g/mol. The average Bonchev–Trinajstić information content (AvgIpc) is 3.30. The largest absolute Gasteiger partial charge is 0.453 e. The van der Waals surface area contributed by atoms with Crippen molar-refractivity contribution in [1.29, 1.82) is 5.26 Å². The topological polar surface area (TPSA) is 85.0 Å². The van der Waals surface area contributed by atoms with Crippen LogP contribution in [-0.4, -0.2) is 29.7 Å². The summed E-state index contributed by atoms with van der Waals surface area (Å²) in [6.07, 6.45) is 2.15. The minimum atomic E-state index is -2.91. The van der Waals surface area contributed by atoms with Gasteiger partial charge in [-0.1, -0.05) is 0 Å². The predicted molar refractivity (Wildman–Crippen MR) is 97.3 cm³/mol. The van der Waals surface area contributed by atoms with Crippen molar-refractivity contribution in [3.8, 4) is 17.6 Å². The number of aromatic nitrogens is 2. The highest BCUT2D eigenvalue weighted by atomic mass is 32.2. The fourth-order valence-corrected chi connectivity index (χ4v) is 5.00. The van der Waals surface area contributed by atoms with Crippen LogP contribution < -0.4 is 4.74 Å². The maximum absolute atomic E-state index is 11.6. The maximum atomic E-state index is 11.6. The summed E-state index contributed by atoms with van der Waals surface area (Å²) in [5.41, 5.74) is 4.22. The molecule has 7 heteroatoms. The van der Waals surface area contributed by atoms with Gasteiger partial charge in [0.1, 0.15) is 11.4 Å². The molecule has 0 radical (unpaired) electrons. The van der Waals surface area contributed by atoms with Crippen molar-refractivity contribution in [1.82, 2.24) is 9.78 Å². The number of nitriles is 1. The molecule has 0 spiro atoms. The SMILES string of the molecule is Cc1cc(Oc2c(C)nn(C3CS(=O)(=O)C3)c2C2CC2)cc(C)c1C#N. The fourth-order valence-electron chi connectivity index (χ4n) is 3.64. The minimum Gasteiger partial charge on any atom is -0.453 e. The van der Waals surface area contributed by atoms with Gasteiger partial charge in [-0.2, -0.15) is 10.4 Å². The van der Waals surface area contributed by atoms with Gasteiger partial charge in [-0.3, -0.25) is 4.68 Å². The maximum Gasteiger partial charge on any atom is 0.171 e. The monoisotopic (exact) mass is 371 g/mol. The molecule has 0 amide bonds. The van der Waals surface area contributed by atoms with Crippen LogP contribution >= 0.6 is 0 Å². The molecule has 1 saturated carbocycles. The summed E-state index contributed by atoms with van der Waals surface area (Å²) in [4.78, 5) is 0. The lowest BCUT2D eigenvalue weighted by molar-refractivity contribution is 0.443. The number of benzene rings is 1. The molecule has 6 nitrogen and oxygen atoms in total. The summed E-state index contributed by atoms with van der Waals surface area (Å²) in [6, 6.07) is 5.87. The standard InChI is InChI=1S/C19H21N3O3S/c1-11-6-16(7-12(2)17(11)8-20)25-19-13(3)21-22(18(19)14-4-5-14)15-9-26(23,24)10-15/h6-7,14-15H,4-5,9-10H2,1-3H3. The summed E-state index contributed by atoms with van der Waals surface area (Å²) in [6.45, 7) is 5.69. The van der Waals surface area contributed by atoms with Gasteiger partial charge in [-0.05, 0) is 56.9 Å². The smallest absolute Gasteiger partial charge is 0.171 e. The van der Waals surface area contributed by atoms with Crippen molar-refractivity contribution in [2.75, 3.05) is 11.5 Å². The highest BCUT2D eigenvalue weighted by molar-refractivity contribution is 7.92. The molecule has 0 unspecified atom stereocenters. The van der Waals surface area contributed by atoms with Crippen LogP contribution in [0.15, 0.2) is 12.1 Å². The van der Waals surface area contributed by atoms with Crippen molar-refractivity contribution < 1.29 is 13.2 Å². The second-order valence-corrected chi connectivity index (χ2v) is 9.55. The quantitative estimate of drug-likeness (QED) is 0.823. The van der Waals surface area contributed by atoms with Gasteiger partial charge in [0.05, 0.1) is 34.9 Å². The summed E-state index contributed by atoms with van der Waals surface area (Å²) in [5.74, 6) is 2.12. The van der Waals surface area contributed by atoms with Gasteiger partial charge in [0, 0.05) is 5.92 Å². The van der Waals surface area contributed by atoms with E-state index in [-0.39, 0.29) is 17.5 Å². The summed E-state index contributed by atoms with van der Waals surface area (Å²) in [7, 11) is -2.91. The van der Waals surface area contributed by atoms with E-state index < -0.39 is 9.84 Å². The van der Waals surface area contributed by atoms with Crippen LogP contribution in [0.25, 0.3) is 0 Å². The van der Waals surface area contributed by atoms with Gasteiger partial charge in [0.15, 0.2) is 15.6 Å². The van der Waals surface area contributed by atoms with E-state index in [1.165, 1.54) is 0 Å². The minimum absolute atomic E-state index is 0.0870. The molecule has 2 fully saturated rings. The molecule has 4 rings (SSSR count). The number of rotatable bonds is 4. The second-order valence-electron chi connectivity index (χ2n) is 7.40. The molecule has 0 atom stereocenters. The van der Waals surface area contributed by atoms with E-state index in [2.05, 4.69) is 11.2 Å². The van der Waals surface area contributed by atoms with Crippen LogP contribution in [-0.2, 0) is 9.84 Å². The van der Waals surface area contributed by atoms with Gasteiger partial charge in [0.25, 0.3) is 0 Å². The Morgan fingerprint density at radius 1 is 1.19 bits per heavy atom. The van der Waals surface area contributed by atoms with Gasteiger partial charge in [0.2, 0.25) is 0 Å². The zero-order chi connectivity index (χ0) is 18.6. The molecule has 2 heterocycles. The zero-order valence-corrected chi connectivity index (χ0v) is 15.9. The number of ether oxygens (including phenoxy) is 1. The van der Waals surface area contributed by atoms with Crippen LogP contribution in [0.3, 0.4) is 0 Å². The Hall–Kier alpha value is -2.33. The predicted octanol–water partition coefficient (Wildman–Crippen LogP) is 3.32. The number of hydrogen-bond donors (Lipinski definition) is 0. The van der Waals surface area contributed by atoms with Crippen LogP contribution in [0.2, 0.25) is 0 Å². The first kappa shape index (κ1) is 17.1. The normalized spacial score (nSPS) is 19.0. The molecule has 1 aliphatic carbocycles. The molecular formula is C19H21N3O3S. The Bertz CT molecular complexity index is 1010. The highest BCUT2D eigenvalue weighted by Crippen LogP contribution is 2.48. The summed E-state index contributed by atoms with van der Waals surface area (Å²) >= 11 is 0. The van der Waals surface area contributed by atoms with Crippen molar-refractivity contribution in [3.63, 3.8) is 0 Å². The molecule has 2 aliphatic rings. The first-order chi connectivity index (χ1) is 12.3. The van der Waals surface area contributed by atoms with Crippen molar-refractivity contribution >= 4 is 9.84 Å². The Kier molecular flexibility index (Phi) is 3.85. The van der Waals surface area contributed by atoms with E-state index in [0.29, 0.717) is 17.2 Å². The Morgan fingerprint density at radius 3 is 2.31 bits per heavy atom. The number of aryl methyl sites for hydroxylation is 3. The fraction of sp³-hybridized carbons (Fsp3) is 0.474. The Balaban J connectivity index is 1.71. The molecule has 0 N–H and O–H groups in total. The third-order valence-corrected chi connectivity index (χ3v) is 6.89. The van der Waals surface area contributed by atoms with Gasteiger partial charge in [-0.15, -0.1) is 0 Å². The third kappa shape index (κ3) is 2.88. The van der Waals surface area contributed by atoms with E-state index in [1.54, 1.807) is 0 Å². The van der Waals surface area contributed by atoms with Crippen LogP contribution in [0, 0.1) is 32.1 Å². The molecule has 1 aliphatic heterocycles. The first-order valence-corrected chi connectivity index (χ1v) is 10.6. The Morgan fingerprint density at radius 2 is 1.81 bits per heavy atom. The van der Waals surface area contributed by atoms with Crippen molar-refractivity contribution in [3.05, 3.63) is 40.2 Å². The lowest BCUT2D eigenvalue weighted by Gasteiger charge is -2.27. The first-order valence-electron chi connectivity index (χ1n) is 8.77. The third-order valence-electron chi connectivity index (χ3n) is 5.11. The molecular weight excluding hydrogens is 350 g/mol. The van der Waals surface area contributed by atoms with Crippen LogP contribution in [0.1, 0.15) is 52.9 Å². The molecule has 26 heavy (non-hydrogen) atoms. The second kappa shape index (κ2) is 5.85. The van der Waals surface area contributed by atoms with E-state index in [9.17, 15) is 13.7 Å². The van der Waals surface area contributed by atoms with E-state index in [1.807, 2.05) is 37.6 Å². The molecule has 1 aromatic carbocycles. The van der Waals surface area contributed by atoms with Gasteiger partial charge >= 0.3 is 0 Å².